The zero-order valence-electron chi connectivity index (χ0n) is 7.69. The quantitative estimate of drug-likeness (QED) is 0.590. The van der Waals surface area contributed by atoms with Crippen molar-refractivity contribution in [2.45, 2.75) is 13.0 Å². The third-order valence-electron chi connectivity index (χ3n) is 1.73. The first-order valence-electron chi connectivity index (χ1n) is 4.31. The minimum atomic E-state index is -0.294. The fourth-order valence-electron chi connectivity index (χ4n) is 1.05. The number of benzene rings is 1. The lowest BCUT2D eigenvalue weighted by Crippen LogP contribution is -1.99. The number of hydrogen-bond donors (Lipinski definition) is 1. The molecule has 0 amide bonds. The number of rotatable bonds is 2. The highest BCUT2D eigenvalue weighted by atomic mass is 35.5. The van der Waals surface area contributed by atoms with Crippen LogP contribution in [0.5, 0.6) is 0 Å². The van der Waals surface area contributed by atoms with Crippen molar-refractivity contribution in [3.63, 3.8) is 0 Å². The highest BCUT2D eigenvalue weighted by Crippen LogP contribution is 2.09. The first-order valence-corrected chi connectivity index (χ1v) is 4.84. The summed E-state index contributed by atoms with van der Waals surface area (Å²) in [6.45, 7) is 0.366. The van der Waals surface area contributed by atoms with Crippen molar-refractivity contribution in [2.24, 2.45) is 5.73 Å². The van der Waals surface area contributed by atoms with Crippen LogP contribution in [0.25, 0.3) is 0 Å². The Labute approximate surface area is 88.1 Å². The standard InChI is InChI=1S/C11H11ClFN/c12-6-2-1-3-9-7-11(13)5-4-10(9)8-14/h4-5,7H,2,6,8,14H2. The van der Waals surface area contributed by atoms with E-state index in [9.17, 15) is 4.39 Å². The first kappa shape index (κ1) is 11.0. The predicted octanol–water partition coefficient (Wildman–Crippen LogP) is 2.26. The zero-order valence-corrected chi connectivity index (χ0v) is 8.44. The topological polar surface area (TPSA) is 26.0 Å². The van der Waals surface area contributed by atoms with Gasteiger partial charge in [-0.3, -0.25) is 0 Å². The molecule has 1 aromatic rings. The highest BCUT2D eigenvalue weighted by Gasteiger charge is 1.99. The molecule has 1 rings (SSSR count). The summed E-state index contributed by atoms with van der Waals surface area (Å²) in [6.07, 6.45) is 0.599. The summed E-state index contributed by atoms with van der Waals surface area (Å²) in [5.74, 6) is 5.89. The van der Waals surface area contributed by atoms with Crippen molar-refractivity contribution in [2.75, 3.05) is 5.88 Å². The molecule has 0 aliphatic carbocycles. The van der Waals surface area contributed by atoms with Crippen LogP contribution < -0.4 is 5.73 Å². The van der Waals surface area contributed by atoms with Crippen molar-refractivity contribution in [1.82, 2.24) is 0 Å². The molecule has 14 heavy (non-hydrogen) atoms. The van der Waals surface area contributed by atoms with Gasteiger partial charge in [-0.2, -0.15) is 0 Å². The molecule has 0 aliphatic rings. The minimum Gasteiger partial charge on any atom is -0.326 e. The summed E-state index contributed by atoms with van der Waals surface area (Å²) in [5, 5.41) is 0. The van der Waals surface area contributed by atoms with Crippen molar-refractivity contribution in [1.29, 1.82) is 0 Å². The highest BCUT2D eigenvalue weighted by molar-refractivity contribution is 6.18. The predicted molar refractivity (Wildman–Crippen MR) is 56.5 cm³/mol. The number of alkyl halides is 1. The van der Waals surface area contributed by atoms with Gasteiger partial charge in [-0.15, -0.1) is 11.6 Å². The normalized spacial score (nSPS) is 9.36. The molecule has 0 unspecified atom stereocenters. The van der Waals surface area contributed by atoms with Crippen LogP contribution in [0.15, 0.2) is 18.2 Å². The third kappa shape index (κ3) is 3.02. The van der Waals surface area contributed by atoms with Gasteiger partial charge in [-0.25, -0.2) is 4.39 Å². The van der Waals surface area contributed by atoms with Crippen LogP contribution in [0.2, 0.25) is 0 Å². The van der Waals surface area contributed by atoms with Gasteiger partial charge in [0.1, 0.15) is 5.82 Å². The van der Waals surface area contributed by atoms with E-state index in [0.29, 0.717) is 24.4 Å². The van der Waals surface area contributed by atoms with E-state index >= 15 is 0 Å². The largest absolute Gasteiger partial charge is 0.326 e. The van der Waals surface area contributed by atoms with Crippen LogP contribution in [0.1, 0.15) is 17.5 Å². The maximum atomic E-state index is 12.9. The number of hydrogen-bond acceptors (Lipinski definition) is 1. The molecule has 2 N–H and O–H groups in total. The molecule has 0 saturated heterocycles. The molecule has 1 aromatic carbocycles. The van der Waals surface area contributed by atoms with Crippen LogP contribution in [0.4, 0.5) is 4.39 Å². The molecule has 0 bridgehead atoms. The minimum absolute atomic E-state index is 0.294. The summed E-state index contributed by atoms with van der Waals surface area (Å²) in [5.41, 5.74) is 6.99. The lowest BCUT2D eigenvalue weighted by Gasteiger charge is -2.00. The maximum absolute atomic E-state index is 12.9. The molecule has 0 atom stereocenters. The molecule has 0 heterocycles. The Bertz CT molecular complexity index is 365. The second kappa shape index (κ2) is 5.64. The van der Waals surface area contributed by atoms with Gasteiger partial charge in [0.05, 0.1) is 0 Å². The second-order valence-electron chi connectivity index (χ2n) is 2.75. The van der Waals surface area contributed by atoms with E-state index < -0.39 is 0 Å². The molecule has 0 aromatic heterocycles. The summed E-state index contributed by atoms with van der Waals surface area (Å²) in [6, 6.07) is 4.43. The van der Waals surface area contributed by atoms with E-state index in [2.05, 4.69) is 11.8 Å². The average Bonchev–Trinajstić information content (AvgIpc) is 2.19. The average molecular weight is 212 g/mol. The van der Waals surface area contributed by atoms with Gasteiger partial charge in [0.25, 0.3) is 0 Å². The molecule has 0 spiro atoms. The maximum Gasteiger partial charge on any atom is 0.124 e. The van der Waals surface area contributed by atoms with Gasteiger partial charge >= 0.3 is 0 Å². The van der Waals surface area contributed by atoms with Gasteiger partial charge < -0.3 is 5.73 Å². The first-order chi connectivity index (χ1) is 6.77. The van der Waals surface area contributed by atoms with Crippen molar-refractivity contribution >= 4 is 11.6 Å². The van der Waals surface area contributed by atoms with Gasteiger partial charge in [0.15, 0.2) is 0 Å². The van der Waals surface area contributed by atoms with Crippen molar-refractivity contribution in [3.05, 3.63) is 35.1 Å². The monoisotopic (exact) mass is 211 g/mol. The fraction of sp³-hybridized carbons (Fsp3) is 0.273. The van der Waals surface area contributed by atoms with E-state index in [1.807, 2.05) is 0 Å². The molecule has 0 fully saturated rings. The van der Waals surface area contributed by atoms with Gasteiger partial charge in [0, 0.05) is 24.4 Å². The Hall–Kier alpha value is -1.04. The number of nitrogens with two attached hydrogens (primary N) is 1. The second-order valence-corrected chi connectivity index (χ2v) is 3.12. The van der Waals surface area contributed by atoms with E-state index in [0.717, 1.165) is 5.56 Å². The molecule has 0 radical (unpaired) electrons. The van der Waals surface area contributed by atoms with Crippen LogP contribution >= 0.6 is 11.6 Å². The van der Waals surface area contributed by atoms with Gasteiger partial charge in [0.2, 0.25) is 0 Å². The Balaban J connectivity index is 2.94. The van der Waals surface area contributed by atoms with Gasteiger partial charge in [-0.05, 0) is 17.7 Å². The lowest BCUT2D eigenvalue weighted by molar-refractivity contribution is 0.626. The van der Waals surface area contributed by atoms with E-state index in [-0.39, 0.29) is 5.82 Å². The zero-order chi connectivity index (χ0) is 10.4. The summed E-state index contributed by atoms with van der Waals surface area (Å²) >= 11 is 5.47. The van der Waals surface area contributed by atoms with Crippen molar-refractivity contribution < 1.29 is 4.39 Å². The van der Waals surface area contributed by atoms with Crippen LogP contribution in [0.3, 0.4) is 0 Å². The summed E-state index contributed by atoms with van der Waals surface area (Å²) in [7, 11) is 0. The lowest BCUT2D eigenvalue weighted by atomic mass is 10.1. The number of halogens is 2. The van der Waals surface area contributed by atoms with Crippen LogP contribution in [0, 0.1) is 17.7 Å². The Morgan fingerprint density at radius 2 is 2.21 bits per heavy atom. The molecular formula is C11H11ClFN. The molecule has 1 nitrogen and oxygen atoms in total. The Morgan fingerprint density at radius 1 is 1.43 bits per heavy atom. The molecule has 74 valence electrons. The molecule has 3 heteroatoms. The summed E-state index contributed by atoms with van der Waals surface area (Å²) < 4.78 is 12.9. The molecule has 0 saturated carbocycles. The third-order valence-corrected chi connectivity index (χ3v) is 1.92. The van der Waals surface area contributed by atoms with Crippen LogP contribution in [-0.4, -0.2) is 5.88 Å². The van der Waals surface area contributed by atoms with E-state index in [1.165, 1.54) is 12.1 Å². The summed E-state index contributed by atoms with van der Waals surface area (Å²) in [4.78, 5) is 0. The smallest absolute Gasteiger partial charge is 0.124 e. The van der Waals surface area contributed by atoms with Crippen molar-refractivity contribution in [3.8, 4) is 11.8 Å². The van der Waals surface area contributed by atoms with E-state index in [4.69, 9.17) is 17.3 Å². The fourth-order valence-corrected chi connectivity index (χ4v) is 1.14. The van der Waals surface area contributed by atoms with Crippen LogP contribution in [-0.2, 0) is 6.54 Å². The van der Waals surface area contributed by atoms with Gasteiger partial charge in [-0.1, -0.05) is 17.9 Å². The van der Waals surface area contributed by atoms with E-state index in [1.54, 1.807) is 6.07 Å². The molecular weight excluding hydrogens is 201 g/mol. The Morgan fingerprint density at radius 3 is 2.86 bits per heavy atom. The molecule has 0 aliphatic heterocycles. The Kier molecular flexibility index (Phi) is 4.45. The SMILES string of the molecule is NCc1ccc(F)cc1C#CCCCl.